The summed E-state index contributed by atoms with van der Waals surface area (Å²) in [5.74, 6) is 3.05. The molecule has 4 rings (SSSR count). The summed E-state index contributed by atoms with van der Waals surface area (Å²) in [6.45, 7) is 3.18. The first kappa shape index (κ1) is 14.5. The Morgan fingerprint density at radius 1 is 1.00 bits per heavy atom. The first-order chi connectivity index (χ1) is 10.0. The Morgan fingerprint density at radius 3 is 2.10 bits per heavy atom. The molecule has 0 atom stereocenters. The molecule has 0 aromatic carbocycles. The van der Waals surface area contributed by atoms with Gasteiger partial charge in [0.15, 0.2) is 0 Å². The van der Waals surface area contributed by atoms with Crippen LogP contribution in [-0.4, -0.2) is 23.6 Å². The van der Waals surface area contributed by atoms with Crippen LogP contribution in [-0.2, 0) is 9.59 Å². The molecule has 0 spiro atoms. The number of amides is 2. The summed E-state index contributed by atoms with van der Waals surface area (Å²) in [5, 5.41) is 7.15. The van der Waals surface area contributed by atoms with Crippen molar-refractivity contribution < 1.29 is 9.59 Å². The first-order valence-corrected chi connectivity index (χ1v) is 8.10. The van der Waals surface area contributed by atoms with E-state index in [1.165, 1.54) is 39.0 Å². The lowest BCUT2D eigenvalue weighted by atomic mass is 9.54. The van der Waals surface area contributed by atoms with Crippen LogP contribution in [0.2, 0.25) is 0 Å². The summed E-state index contributed by atoms with van der Waals surface area (Å²) >= 11 is 0. The van der Waals surface area contributed by atoms with Crippen molar-refractivity contribution in [2.24, 2.45) is 28.8 Å². The molecule has 0 aromatic heterocycles. The van der Waals surface area contributed by atoms with E-state index in [2.05, 4.69) is 15.8 Å². The quantitative estimate of drug-likeness (QED) is 0.613. The van der Waals surface area contributed by atoms with Crippen molar-refractivity contribution in [2.75, 3.05) is 0 Å². The van der Waals surface area contributed by atoms with Crippen molar-refractivity contribution in [1.29, 1.82) is 0 Å². The summed E-state index contributed by atoms with van der Waals surface area (Å²) in [6, 6.07) is 0.374. The Hall–Kier alpha value is -1.39. The number of nitrogens with zero attached hydrogens (tertiary/aromatic N) is 1. The molecule has 2 amide bonds. The molecule has 4 bridgehead atoms. The lowest BCUT2D eigenvalue weighted by Crippen LogP contribution is -2.56. The maximum absolute atomic E-state index is 12.2. The Balaban J connectivity index is 1.53. The molecule has 0 unspecified atom stereocenters. The lowest BCUT2D eigenvalue weighted by molar-refractivity contribution is -0.124. The average Bonchev–Trinajstić information content (AvgIpc) is 2.39. The van der Waals surface area contributed by atoms with Crippen molar-refractivity contribution in [3.05, 3.63) is 0 Å². The van der Waals surface area contributed by atoms with Crippen LogP contribution in [0.15, 0.2) is 5.10 Å². The summed E-state index contributed by atoms with van der Waals surface area (Å²) in [4.78, 5) is 23.0. The highest BCUT2D eigenvalue weighted by atomic mass is 16.2. The van der Waals surface area contributed by atoms with Gasteiger partial charge in [0.2, 0.25) is 11.8 Å². The summed E-state index contributed by atoms with van der Waals surface area (Å²) < 4.78 is 0. The lowest BCUT2D eigenvalue weighted by Gasteiger charge is -2.54. The zero-order chi connectivity index (χ0) is 15.0. The third kappa shape index (κ3) is 3.27. The van der Waals surface area contributed by atoms with Crippen LogP contribution in [0.3, 0.4) is 0 Å². The van der Waals surface area contributed by atoms with Crippen molar-refractivity contribution in [3.8, 4) is 0 Å². The largest absolute Gasteiger partial charge is 0.352 e. The van der Waals surface area contributed by atoms with Crippen molar-refractivity contribution in [2.45, 2.75) is 58.4 Å². The molecule has 2 N–H and O–H groups in total. The molecule has 4 aliphatic carbocycles. The highest BCUT2D eigenvalue weighted by molar-refractivity contribution is 6.00. The average molecular weight is 291 g/mol. The molecule has 5 nitrogen and oxygen atoms in total. The van der Waals surface area contributed by atoms with Crippen molar-refractivity contribution in [1.82, 2.24) is 10.7 Å². The van der Waals surface area contributed by atoms with Crippen LogP contribution >= 0.6 is 0 Å². The molecule has 0 aromatic rings. The van der Waals surface area contributed by atoms with E-state index in [4.69, 9.17) is 0 Å². The topological polar surface area (TPSA) is 70.6 Å². The normalized spacial score (nSPS) is 37.4. The number of hydrogen-bond donors (Lipinski definition) is 2. The van der Waals surface area contributed by atoms with Crippen LogP contribution in [0.5, 0.6) is 0 Å². The van der Waals surface area contributed by atoms with Crippen molar-refractivity contribution >= 4 is 17.5 Å². The number of hydrogen-bond acceptors (Lipinski definition) is 3. The van der Waals surface area contributed by atoms with Gasteiger partial charge in [0.1, 0.15) is 0 Å². The van der Waals surface area contributed by atoms with Gasteiger partial charge >= 0.3 is 0 Å². The van der Waals surface area contributed by atoms with Crippen LogP contribution in [0.4, 0.5) is 0 Å². The molecule has 5 heteroatoms. The maximum Gasteiger partial charge on any atom is 0.236 e. The molecule has 0 saturated heterocycles. The zero-order valence-electron chi connectivity index (χ0n) is 12.9. The number of carbonyl (C=O) groups excluding carboxylic acids is 2. The van der Waals surface area contributed by atoms with E-state index in [0.29, 0.717) is 23.6 Å². The highest BCUT2D eigenvalue weighted by Crippen LogP contribution is 2.53. The van der Waals surface area contributed by atoms with Gasteiger partial charge in [-0.1, -0.05) is 0 Å². The molecular weight excluding hydrogens is 266 g/mol. The third-order valence-corrected chi connectivity index (χ3v) is 5.37. The maximum atomic E-state index is 12.2. The van der Waals surface area contributed by atoms with Gasteiger partial charge in [-0.3, -0.25) is 9.59 Å². The Kier molecular flexibility index (Phi) is 4.00. The van der Waals surface area contributed by atoms with E-state index in [9.17, 15) is 9.59 Å². The summed E-state index contributed by atoms with van der Waals surface area (Å²) in [5.41, 5.74) is 3.02. The fourth-order valence-electron chi connectivity index (χ4n) is 4.84. The number of rotatable bonds is 4. The molecule has 116 valence electrons. The molecular formula is C16H25N3O2. The molecule has 4 aliphatic rings. The fraction of sp³-hybridized carbons (Fsp3) is 0.812. The highest BCUT2D eigenvalue weighted by Gasteiger charge is 2.48. The van der Waals surface area contributed by atoms with Gasteiger partial charge in [0, 0.05) is 18.7 Å². The van der Waals surface area contributed by atoms with Crippen LogP contribution in [0, 0.1) is 23.7 Å². The predicted octanol–water partition coefficient (Wildman–Crippen LogP) is 1.83. The van der Waals surface area contributed by atoms with E-state index in [1.54, 1.807) is 6.92 Å². The monoisotopic (exact) mass is 291 g/mol. The van der Waals surface area contributed by atoms with Gasteiger partial charge in [-0.15, -0.1) is 0 Å². The minimum absolute atomic E-state index is 0.0408. The molecule has 21 heavy (non-hydrogen) atoms. The Labute approximate surface area is 125 Å². The van der Waals surface area contributed by atoms with Gasteiger partial charge < -0.3 is 5.32 Å². The van der Waals surface area contributed by atoms with Gasteiger partial charge in [0.05, 0.1) is 6.42 Å². The molecule has 0 heterocycles. The smallest absolute Gasteiger partial charge is 0.236 e. The molecule has 0 radical (unpaired) electrons. The van der Waals surface area contributed by atoms with Gasteiger partial charge in [-0.05, 0) is 62.7 Å². The number of nitrogens with one attached hydrogen (secondary N) is 2. The van der Waals surface area contributed by atoms with Crippen LogP contribution < -0.4 is 10.7 Å². The zero-order valence-corrected chi connectivity index (χ0v) is 12.9. The molecule has 4 fully saturated rings. The molecule has 0 aliphatic heterocycles. The van der Waals surface area contributed by atoms with Crippen LogP contribution in [0.25, 0.3) is 0 Å². The van der Waals surface area contributed by atoms with E-state index < -0.39 is 0 Å². The number of hydrazone groups is 1. The second kappa shape index (κ2) is 5.78. The van der Waals surface area contributed by atoms with Crippen molar-refractivity contribution in [3.63, 3.8) is 0 Å². The first-order valence-electron chi connectivity index (χ1n) is 8.10. The van der Waals surface area contributed by atoms with E-state index in [-0.39, 0.29) is 18.2 Å². The minimum atomic E-state index is -0.212. The van der Waals surface area contributed by atoms with E-state index in [0.717, 1.165) is 11.8 Å². The van der Waals surface area contributed by atoms with Crippen LogP contribution in [0.1, 0.15) is 52.4 Å². The summed E-state index contributed by atoms with van der Waals surface area (Å²) in [6.07, 6.45) is 6.90. The van der Waals surface area contributed by atoms with Gasteiger partial charge in [0.25, 0.3) is 0 Å². The minimum Gasteiger partial charge on any atom is -0.352 e. The van der Waals surface area contributed by atoms with E-state index in [1.807, 2.05) is 0 Å². The Morgan fingerprint density at radius 2 is 1.57 bits per heavy atom. The number of carbonyl (C=O) groups is 2. The second-order valence-electron chi connectivity index (χ2n) is 7.22. The third-order valence-electron chi connectivity index (χ3n) is 5.37. The summed E-state index contributed by atoms with van der Waals surface area (Å²) in [7, 11) is 0. The second-order valence-corrected chi connectivity index (χ2v) is 7.22. The SMILES string of the molecule is CC(=O)N/N=C(\C)CC(=O)NC1C2CC3CC(C2)CC1C3. The fourth-order valence-corrected chi connectivity index (χ4v) is 4.84. The molecule has 4 saturated carbocycles. The standard InChI is InChI=1S/C16H25N3O2/c1-9(18-19-10(2)20)3-15(21)17-16-13-5-11-4-12(7-13)8-14(16)6-11/h11-14,16H,3-8H2,1-2H3,(H,17,21)(H,19,20)/b18-9+. The van der Waals surface area contributed by atoms with Gasteiger partial charge in [-0.25, -0.2) is 5.43 Å². The predicted molar refractivity (Wildman–Crippen MR) is 80.5 cm³/mol. The van der Waals surface area contributed by atoms with Gasteiger partial charge in [-0.2, -0.15) is 5.10 Å². The Bertz CT molecular complexity index is 444. The van der Waals surface area contributed by atoms with E-state index >= 15 is 0 Å².